The Morgan fingerprint density at radius 1 is 0.960 bits per heavy atom. The maximum absolute atomic E-state index is 12.7. The van der Waals surface area contributed by atoms with Gasteiger partial charge in [-0.15, -0.1) is 0 Å². The molecule has 132 valence electrons. The number of piperazine rings is 1. The highest BCUT2D eigenvalue weighted by molar-refractivity contribution is 9.10. The van der Waals surface area contributed by atoms with E-state index in [0.717, 1.165) is 10.0 Å². The van der Waals surface area contributed by atoms with E-state index in [-0.39, 0.29) is 5.91 Å². The number of hydrogen-bond donors (Lipinski definition) is 0. The predicted molar refractivity (Wildman–Crippen MR) is 100.0 cm³/mol. The van der Waals surface area contributed by atoms with Gasteiger partial charge in [-0.05, 0) is 47.1 Å². The van der Waals surface area contributed by atoms with E-state index in [0.29, 0.717) is 36.6 Å². The quantitative estimate of drug-likeness (QED) is 0.763. The van der Waals surface area contributed by atoms with Gasteiger partial charge in [0.1, 0.15) is 0 Å². The van der Waals surface area contributed by atoms with E-state index in [1.165, 1.54) is 4.31 Å². The lowest BCUT2D eigenvalue weighted by atomic mass is 10.2. The van der Waals surface area contributed by atoms with Crippen LogP contribution < -0.4 is 0 Å². The second-order valence-corrected chi connectivity index (χ2v) is 8.78. The van der Waals surface area contributed by atoms with Crippen LogP contribution in [0.2, 0.25) is 0 Å². The Morgan fingerprint density at radius 3 is 2.16 bits per heavy atom. The van der Waals surface area contributed by atoms with E-state index >= 15 is 0 Å². The number of nitrogens with zero attached hydrogens (tertiary/aromatic N) is 2. The fourth-order valence-corrected chi connectivity index (χ4v) is 4.67. The molecule has 0 bridgehead atoms. The van der Waals surface area contributed by atoms with Gasteiger partial charge in [0, 0.05) is 30.7 Å². The Bertz CT molecular complexity index is 873. The highest BCUT2D eigenvalue weighted by Crippen LogP contribution is 2.21. The summed E-state index contributed by atoms with van der Waals surface area (Å²) in [5.41, 5.74) is 1.61. The number of aryl methyl sites for hydroxylation is 1. The third-order valence-electron chi connectivity index (χ3n) is 4.29. The normalized spacial score (nSPS) is 16.0. The lowest BCUT2D eigenvalue weighted by Crippen LogP contribution is -2.50. The molecule has 0 atom stereocenters. The van der Waals surface area contributed by atoms with E-state index in [9.17, 15) is 13.2 Å². The van der Waals surface area contributed by atoms with Crippen LogP contribution in [-0.2, 0) is 10.0 Å². The van der Waals surface area contributed by atoms with Gasteiger partial charge in [-0.3, -0.25) is 4.79 Å². The summed E-state index contributed by atoms with van der Waals surface area (Å²) in [4.78, 5) is 14.6. The van der Waals surface area contributed by atoms with Crippen LogP contribution in [0.1, 0.15) is 15.9 Å². The summed E-state index contributed by atoms with van der Waals surface area (Å²) in [6.07, 6.45) is 0. The largest absolute Gasteiger partial charge is 0.336 e. The minimum atomic E-state index is -3.51. The fraction of sp³-hybridized carbons (Fsp3) is 0.278. The number of amides is 1. The van der Waals surface area contributed by atoms with Crippen LogP contribution in [0, 0.1) is 6.92 Å². The van der Waals surface area contributed by atoms with E-state index in [2.05, 4.69) is 15.9 Å². The lowest BCUT2D eigenvalue weighted by molar-refractivity contribution is 0.0697. The SMILES string of the molecule is Cc1ccc(S(=O)(=O)N2CCN(C(=O)c3ccccc3Br)CC2)cc1. The van der Waals surface area contributed by atoms with Crippen molar-refractivity contribution >= 4 is 31.9 Å². The van der Waals surface area contributed by atoms with E-state index in [1.807, 2.05) is 25.1 Å². The Labute approximate surface area is 156 Å². The van der Waals surface area contributed by atoms with Crippen molar-refractivity contribution in [2.75, 3.05) is 26.2 Å². The highest BCUT2D eigenvalue weighted by atomic mass is 79.9. The van der Waals surface area contributed by atoms with Gasteiger partial charge in [0.15, 0.2) is 0 Å². The Balaban J connectivity index is 1.70. The molecule has 1 amide bonds. The van der Waals surface area contributed by atoms with Gasteiger partial charge in [-0.2, -0.15) is 4.31 Å². The summed E-state index contributed by atoms with van der Waals surface area (Å²) in [6.45, 7) is 3.28. The summed E-state index contributed by atoms with van der Waals surface area (Å²) < 4.78 is 27.6. The molecule has 2 aromatic rings. The first-order valence-electron chi connectivity index (χ1n) is 8.00. The molecule has 5 nitrogen and oxygen atoms in total. The van der Waals surface area contributed by atoms with Crippen LogP contribution in [0.5, 0.6) is 0 Å². The maximum Gasteiger partial charge on any atom is 0.255 e. The Morgan fingerprint density at radius 2 is 1.56 bits per heavy atom. The topological polar surface area (TPSA) is 57.7 Å². The van der Waals surface area contributed by atoms with Crippen LogP contribution in [0.15, 0.2) is 57.9 Å². The summed E-state index contributed by atoms with van der Waals surface area (Å²) in [5.74, 6) is -0.0835. The maximum atomic E-state index is 12.7. The summed E-state index contributed by atoms with van der Waals surface area (Å²) >= 11 is 3.39. The Kier molecular flexibility index (Phi) is 5.27. The summed E-state index contributed by atoms with van der Waals surface area (Å²) in [5, 5.41) is 0. The number of rotatable bonds is 3. The van der Waals surface area contributed by atoms with Gasteiger partial charge in [-0.25, -0.2) is 8.42 Å². The second-order valence-electron chi connectivity index (χ2n) is 5.99. The minimum Gasteiger partial charge on any atom is -0.336 e. The number of carbonyl (C=O) groups excluding carboxylic acids is 1. The molecule has 1 saturated heterocycles. The van der Waals surface area contributed by atoms with Crippen molar-refractivity contribution in [3.8, 4) is 0 Å². The molecule has 0 radical (unpaired) electrons. The molecule has 1 fully saturated rings. The van der Waals surface area contributed by atoms with Gasteiger partial charge in [0.2, 0.25) is 10.0 Å². The molecule has 0 unspecified atom stereocenters. The third-order valence-corrected chi connectivity index (χ3v) is 6.89. The van der Waals surface area contributed by atoms with Crippen LogP contribution in [0.3, 0.4) is 0 Å². The van der Waals surface area contributed by atoms with Crippen molar-refractivity contribution in [3.05, 3.63) is 64.1 Å². The van der Waals surface area contributed by atoms with Gasteiger partial charge in [0.05, 0.1) is 10.5 Å². The molecular weight excluding hydrogens is 404 g/mol. The third kappa shape index (κ3) is 3.78. The van der Waals surface area contributed by atoms with Crippen molar-refractivity contribution in [2.24, 2.45) is 0 Å². The van der Waals surface area contributed by atoms with E-state index < -0.39 is 10.0 Å². The molecule has 0 spiro atoms. The van der Waals surface area contributed by atoms with Crippen molar-refractivity contribution in [3.63, 3.8) is 0 Å². The first-order valence-corrected chi connectivity index (χ1v) is 10.2. The molecule has 7 heteroatoms. The number of benzene rings is 2. The number of hydrogen-bond acceptors (Lipinski definition) is 3. The predicted octanol–water partition coefficient (Wildman–Crippen LogP) is 2.90. The zero-order chi connectivity index (χ0) is 18.0. The van der Waals surface area contributed by atoms with Crippen LogP contribution in [0.4, 0.5) is 0 Å². The number of halogens is 1. The lowest BCUT2D eigenvalue weighted by Gasteiger charge is -2.34. The van der Waals surface area contributed by atoms with Crippen LogP contribution in [0.25, 0.3) is 0 Å². The molecule has 1 aliphatic heterocycles. The molecule has 3 rings (SSSR count). The molecular formula is C18H19BrN2O3S. The smallest absolute Gasteiger partial charge is 0.255 e. The molecule has 0 N–H and O–H groups in total. The zero-order valence-corrected chi connectivity index (χ0v) is 16.3. The molecule has 1 aliphatic rings. The van der Waals surface area contributed by atoms with Crippen LogP contribution in [-0.4, -0.2) is 49.7 Å². The molecule has 0 aromatic heterocycles. The van der Waals surface area contributed by atoms with Gasteiger partial charge in [0.25, 0.3) is 5.91 Å². The standard InChI is InChI=1S/C18H19BrN2O3S/c1-14-6-8-15(9-7-14)25(23,24)21-12-10-20(11-13-21)18(22)16-4-2-3-5-17(16)19/h2-9H,10-13H2,1H3. The monoisotopic (exact) mass is 422 g/mol. The van der Waals surface area contributed by atoms with Crippen molar-refractivity contribution in [2.45, 2.75) is 11.8 Å². The van der Waals surface area contributed by atoms with Crippen LogP contribution >= 0.6 is 15.9 Å². The first-order chi connectivity index (χ1) is 11.9. The number of carbonyl (C=O) groups is 1. The molecule has 1 heterocycles. The average Bonchev–Trinajstić information content (AvgIpc) is 2.62. The molecule has 2 aromatic carbocycles. The fourth-order valence-electron chi connectivity index (χ4n) is 2.80. The van der Waals surface area contributed by atoms with E-state index in [1.54, 1.807) is 35.2 Å². The summed E-state index contributed by atoms with van der Waals surface area (Å²) in [7, 11) is -3.51. The minimum absolute atomic E-state index is 0.0835. The molecule has 0 aliphatic carbocycles. The Hall–Kier alpha value is -1.70. The average molecular weight is 423 g/mol. The highest BCUT2D eigenvalue weighted by Gasteiger charge is 2.30. The first kappa shape index (κ1) is 18.1. The van der Waals surface area contributed by atoms with Crippen molar-refractivity contribution in [1.82, 2.24) is 9.21 Å². The zero-order valence-electron chi connectivity index (χ0n) is 13.9. The van der Waals surface area contributed by atoms with Crippen molar-refractivity contribution < 1.29 is 13.2 Å². The van der Waals surface area contributed by atoms with Gasteiger partial charge in [-0.1, -0.05) is 29.8 Å². The number of sulfonamides is 1. The molecule has 0 saturated carbocycles. The molecule has 25 heavy (non-hydrogen) atoms. The van der Waals surface area contributed by atoms with Gasteiger partial charge >= 0.3 is 0 Å². The van der Waals surface area contributed by atoms with E-state index in [4.69, 9.17) is 0 Å². The van der Waals surface area contributed by atoms with Gasteiger partial charge < -0.3 is 4.90 Å². The van der Waals surface area contributed by atoms with Crippen molar-refractivity contribution in [1.29, 1.82) is 0 Å². The second kappa shape index (κ2) is 7.27. The summed E-state index contributed by atoms with van der Waals surface area (Å²) in [6, 6.07) is 14.1.